The Hall–Kier alpha value is -3.88. The Morgan fingerprint density at radius 2 is 1.95 bits per heavy atom. The summed E-state index contributed by atoms with van der Waals surface area (Å²) in [7, 11) is 0. The first-order chi connectivity index (χ1) is 17.7. The summed E-state index contributed by atoms with van der Waals surface area (Å²) in [6, 6.07) is 17.1. The standard InChI is InChI=1S/C26H19Br2N5O4/c1-15(2)25-31-22-8-7-19(27)10-21(22)26(34)32(25)30-13-18-9-20(28)11-23(33(35)36)24(18)37-14-17-6-4-3-5-16(17)12-29/h3-11,13,15H,14H2,1-2H3. The van der Waals surface area contributed by atoms with Gasteiger partial charge in [-0.3, -0.25) is 14.9 Å². The van der Waals surface area contributed by atoms with Crippen LogP contribution in [-0.2, 0) is 6.61 Å². The van der Waals surface area contributed by atoms with Gasteiger partial charge in [-0.15, -0.1) is 0 Å². The van der Waals surface area contributed by atoms with Gasteiger partial charge in [0, 0.05) is 32.1 Å². The molecule has 9 nitrogen and oxygen atoms in total. The van der Waals surface area contributed by atoms with Crippen LogP contribution in [0.3, 0.4) is 0 Å². The van der Waals surface area contributed by atoms with E-state index in [1.54, 1.807) is 48.5 Å². The van der Waals surface area contributed by atoms with Crippen LogP contribution in [-0.4, -0.2) is 20.8 Å². The van der Waals surface area contributed by atoms with Gasteiger partial charge in [0.15, 0.2) is 0 Å². The van der Waals surface area contributed by atoms with Crippen molar-refractivity contribution in [2.45, 2.75) is 26.4 Å². The lowest BCUT2D eigenvalue weighted by molar-refractivity contribution is -0.386. The van der Waals surface area contributed by atoms with Gasteiger partial charge in [0.2, 0.25) is 5.75 Å². The molecule has 3 aromatic carbocycles. The molecule has 0 aliphatic rings. The van der Waals surface area contributed by atoms with E-state index in [2.05, 4.69) is 48.0 Å². The second-order valence-corrected chi connectivity index (χ2v) is 10.1. The number of ether oxygens (including phenoxy) is 1. The molecule has 0 atom stereocenters. The highest BCUT2D eigenvalue weighted by Crippen LogP contribution is 2.34. The lowest BCUT2D eigenvalue weighted by Gasteiger charge is -2.13. The molecule has 4 aromatic rings. The number of nitriles is 1. The summed E-state index contributed by atoms with van der Waals surface area (Å²) in [5.74, 6) is 0.263. The predicted octanol–water partition coefficient (Wildman–Crippen LogP) is 6.29. The zero-order valence-electron chi connectivity index (χ0n) is 19.7. The minimum absolute atomic E-state index is 0.0414. The number of fused-ring (bicyclic) bond motifs is 1. The van der Waals surface area contributed by atoms with Gasteiger partial charge in [0.05, 0.1) is 33.7 Å². The van der Waals surface area contributed by atoms with E-state index >= 15 is 0 Å². The Morgan fingerprint density at radius 1 is 1.19 bits per heavy atom. The molecule has 1 aromatic heterocycles. The van der Waals surface area contributed by atoms with E-state index in [1.807, 2.05) is 13.8 Å². The summed E-state index contributed by atoms with van der Waals surface area (Å²) < 4.78 is 8.23. The normalized spacial score (nSPS) is 11.2. The van der Waals surface area contributed by atoms with Crippen molar-refractivity contribution in [3.63, 3.8) is 0 Å². The van der Waals surface area contributed by atoms with Crippen molar-refractivity contribution in [2.24, 2.45) is 5.10 Å². The Kier molecular flexibility index (Phi) is 7.80. The molecule has 0 fully saturated rings. The number of aromatic nitrogens is 2. The Bertz CT molecular complexity index is 1660. The molecule has 4 rings (SSSR count). The number of hydrogen-bond acceptors (Lipinski definition) is 7. The third-order valence-electron chi connectivity index (χ3n) is 5.43. The average Bonchev–Trinajstić information content (AvgIpc) is 2.87. The van der Waals surface area contributed by atoms with Crippen molar-refractivity contribution in [1.29, 1.82) is 5.26 Å². The van der Waals surface area contributed by atoms with Crippen LogP contribution in [0.4, 0.5) is 5.69 Å². The van der Waals surface area contributed by atoms with Gasteiger partial charge in [0.1, 0.15) is 12.4 Å². The van der Waals surface area contributed by atoms with Crippen LogP contribution in [0.15, 0.2) is 73.4 Å². The molecule has 0 saturated heterocycles. The first kappa shape index (κ1) is 26.2. The molecule has 0 unspecified atom stereocenters. The number of benzene rings is 3. The van der Waals surface area contributed by atoms with Crippen LogP contribution in [0.5, 0.6) is 5.75 Å². The summed E-state index contributed by atoms with van der Waals surface area (Å²) in [5.41, 5.74) is 1.13. The highest BCUT2D eigenvalue weighted by atomic mass is 79.9. The Balaban J connectivity index is 1.84. The first-order valence-electron chi connectivity index (χ1n) is 11.0. The number of nitro groups is 1. The molecule has 186 valence electrons. The zero-order valence-corrected chi connectivity index (χ0v) is 22.9. The van der Waals surface area contributed by atoms with Crippen LogP contribution in [0, 0.1) is 21.4 Å². The molecule has 0 saturated carbocycles. The highest BCUT2D eigenvalue weighted by molar-refractivity contribution is 9.10. The molecule has 1 heterocycles. The van der Waals surface area contributed by atoms with Crippen LogP contribution in [0.25, 0.3) is 10.9 Å². The van der Waals surface area contributed by atoms with Gasteiger partial charge >= 0.3 is 5.69 Å². The van der Waals surface area contributed by atoms with Gasteiger partial charge in [-0.05, 0) is 30.3 Å². The van der Waals surface area contributed by atoms with E-state index in [-0.39, 0.29) is 35.1 Å². The molecule has 0 aliphatic heterocycles. The van der Waals surface area contributed by atoms with Crippen molar-refractivity contribution in [2.75, 3.05) is 0 Å². The van der Waals surface area contributed by atoms with Crippen molar-refractivity contribution in [3.8, 4) is 11.8 Å². The lowest BCUT2D eigenvalue weighted by Crippen LogP contribution is -2.23. The molecule has 0 radical (unpaired) electrons. The maximum absolute atomic E-state index is 13.3. The van der Waals surface area contributed by atoms with Gasteiger partial charge in [-0.2, -0.15) is 15.0 Å². The number of nitro benzene ring substituents is 1. The number of halogens is 2. The van der Waals surface area contributed by atoms with E-state index < -0.39 is 4.92 Å². The van der Waals surface area contributed by atoms with Crippen molar-refractivity contribution >= 4 is 54.7 Å². The van der Waals surface area contributed by atoms with Crippen LogP contribution in [0.1, 0.15) is 42.3 Å². The molecule has 0 bridgehead atoms. The van der Waals surface area contributed by atoms with Crippen molar-refractivity contribution in [1.82, 2.24) is 9.66 Å². The SMILES string of the molecule is CC(C)c1nc2ccc(Br)cc2c(=O)n1N=Cc1cc(Br)cc([N+](=O)[O-])c1OCc1ccccc1C#N. The zero-order chi connectivity index (χ0) is 26.7. The molecule has 0 spiro atoms. The topological polar surface area (TPSA) is 123 Å². The summed E-state index contributed by atoms with van der Waals surface area (Å²) in [6.45, 7) is 3.71. The lowest BCUT2D eigenvalue weighted by atomic mass is 10.1. The molecular formula is C26H19Br2N5O4. The quantitative estimate of drug-likeness (QED) is 0.135. The molecule has 0 aliphatic carbocycles. The largest absolute Gasteiger partial charge is 0.481 e. The highest BCUT2D eigenvalue weighted by Gasteiger charge is 2.21. The monoisotopic (exact) mass is 623 g/mol. The number of rotatable bonds is 7. The second-order valence-electron chi connectivity index (χ2n) is 8.31. The van der Waals surface area contributed by atoms with E-state index in [0.29, 0.717) is 32.3 Å². The van der Waals surface area contributed by atoms with E-state index in [4.69, 9.17) is 4.74 Å². The predicted molar refractivity (Wildman–Crippen MR) is 147 cm³/mol. The Labute approximate surface area is 228 Å². The second kappa shape index (κ2) is 11.0. The fourth-order valence-electron chi connectivity index (χ4n) is 3.66. The Morgan fingerprint density at radius 3 is 2.65 bits per heavy atom. The van der Waals surface area contributed by atoms with E-state index in [1.165, 1.54) is 17.0 Å². The smallest absolute Gasteiger partial charge is 0.312 e. The van der Waals surface area contributed by atoms with E-state index in [0.717, 1.165) is 4.47 Å². The average molecular weight is 625 g/mol. The summed E-state index contributed by atoms with van der Waals surface area (Å²) >= 11 is 6.68. The van der Waals surface area contributed by atoms with Crippen LogP contribution in [0.2, 0.25) is 0 Å². The summed E-state index contributed by atoms with van der Waals surface area (Å²) in [6.07, 6.45) is 1.34. The molecule has 0 amide bonds. The summed E-state index contributed by atoms with van der Waals surface area (Å²) in [4.78, 5) is 29.3. The van der Waals surface area contributed by atoms with Gasteiger partial charge in [0.25, 0.3) is 5.56 Å². The third kappa shape index (κ3) is 5.60. The molecule has 37 heavy (non-hydrogen) atoms. The fourth-order valence-corrected chi connectivity index (χ4v) is 4.49. The maximum atomic E-state index is 13.3. The van der Waals surface area contributed by atoms with Crippen LogP contribution >= 0.6 is 31.9 Å². The number of hydrogen-bond donors (Lipinski definition) is 0. The number of nitrogens with zero attached hydrogens (tertiary/aromatic N) is 5. The van der Waals surface area contributed by atoms with E-state index in [9.17, 15) is 20.2 Å². The first-order valence-corrected chi connectivity index (χ1v) is 12.6. The van der Waals surface area contributed by atoms with Crippen molar-refractivity contribution in [3.05, 3.63) is 107 Å². The fraction of sp³-hybridized carbons (Fsp3) is 0.154. The minimum atomic E-state index is -0.561. The van der Waals surface area contributed by atoms with Gasteiger partial charge < -0.3 is 4.74 Å². The van der Waals surface area contributed by atoms with Gasteiger partial charge in [-0.25, -0.2) is 4.98 Å². The molecule has 11 heteroatoms. The maximum Gasteiger partial charge on any atom is 0.312 e. The van der Waals surface area contributed by atoms with Crippen molar-refractivity contribution < 1.29 is 9.66 Å². The van der Waals surface area contributed by atoms with Crippen LogP contribution < -0.4 is 10.3 Å². The molecular weight excluding hydrogens is 606 g/mol. The minimum Gasteiger partial charge on any atom is -0.481 e. The third-order valence-corrected chi connectivity index (χ3v) is 6.38. The van der Waals surface area contributed by atoms with Gasteiger partial charge in [-0.1, -0.05) is 63.9 Å². The molecule has 0 N–H and O–H groups in total. The summed E-state index contributed by atoms with van der Waals surface area (Å²) in [5, 5.41) is 26.0.